The molecule has 0 radical (unpaired) electrons. The van der Waals surface area contributed by atoms with Crippen molar-refractivity contribution >= 4 is 28.7 Å². The Hall–Kier alpha value is -3.61. The van der Waals surface area contributed by atoms with E-state index in [1.165, 1.54) is 4.90 Å². The van der Waals surface area contributed by atoms with E-state index in [0.717, 1.165) is 22.0 Å². The molecule has 3 rings (SSSR count). The Morgan fingerprint density at radius 2 is 1.70 bits per heavy atom. The number of carboxylic acid groups (broad SMARTS) is 1. The normalized spacial score (nSPS) is 13.8. The molecule has 1 aromatic heterocycles. The van der Waals surface area contributed by atoms with Crippen LogP contribution >= 0.6 is 0 Å². The molecule has 0 spiro atoms. The zero-order valence-electron chi connectivity index (χ0n) is 19.2. The van der Waals surface area contributed by atoms with Gasteiger partial charge in [-0.15, -0.1) is 0 Å². The second-order valence-electron chi connectivity index (χ2n) is 8.43. The van der Waals surface area contributed by atoms with Crippen LogP contribution in [0.25, 0.3) is 10.9 Å². The summed E-state index contributed by atoms with van der Waals surface area (Å²) in [6.45, 7) is 3.75. The van der Waals surface area contributed by atoms with Crippen molar-refractivity contribution in [3.63, 3.8) is 0 Å². The molecule has 7 nitrogen and oxygen atoms in total. The van der Waals surface area contributed by atoms with Crippen LogP contribution in [0.3, 0.4) is 0 Å². The number of aliphatic carboxylic acids is 1. The molecular weight excluding hydrogens is 418 g/mol. The Balaban J connectivity index is 1.83. The Labute approximate surface area is 193 Å². The smallest absolute Gasteiger partial charge is 0.326 e. The molecule has 3 N–H and O–H groups in total. The van der Waals surface area contributed by atoms with E-state index in [0.29, 0.717) is 12.8 Å². The highest BCUT2D eigenvalue weighted by atomic mass is 16.4. The second kappa shape index (κ2) is 10.8. The fourth-order valence-corrected chi connectivity index (χ4v) is 3.91. The van der Waals surface area contributed by atoms with Gasteiger partial charge in [-0.2, -0.15) is 0 Å². The number of hydrogen-bond acceptors (Lipinski definition) is 3. The van der Waals surface area contributed by atoms with Gasteiger partial charge in [-0.05, 0) is 23.6 Å². The standard InChI is InChI=1S/C26H31N3O4/c1-4-17(2)25(31)29(3)23(14-18-10-6-5-7-11-18)24(30)28-22(26(32)33)15-19-16-27-21-13-9-8-12-20(19)21/h5-13,16-17,22-23,27H,4,14-15H2,1-3H3,(H,28,30)(H,32,33)/t17?,22-,23+/m0/s1. The average Bonchev–Trinajstić information content (AvgIpc) is 3.24. The summed E-state index contributed by atoms with van der Waals surface area (Å²) < 4.78 is 0. The maximum absolute atomic E-state index is 13.3. The molecule has 0 bridgehead atoms. The summed E-state index contributed by atoms with van der Waals surface area (Å²) in [5, 5.41) is 13.4. The average molecular weight is 450 g/mol. The van der Waals surface area contributed by atoms with Crippen molar-refractivity contribution < 1.29 is 19.5 Å². The first-order valence-electron chi connectivity index (χ1n) is 11.2. The monoisotopic (exact) mass is 449 g/mol. The number of aromatic nitrogens is 1. The van der Waals surface area contributed by atoms with Gasteiger partial charge in [0.05, 0.1) is 0 Å². The van der Waals surface area contributed by atoms with Gasteiger partial charge in [-0.1, -0.05) is 62.4 Å². The van der Waals surface area contributed by atoms with Crippen molar-refractivity contribution in [3.8, 4) is 0 Å². The zero-order chi connectivity index (χ0) is 24.0. The second-order valence-corrected chi connectivity index (χ2v) is 8.43. The summed E-state index contributed by atoms with van der Waals surface area (Å²) in [5.74, 6) is -1.98. The van der Waals surface area contributed by atoms with E-state index in [1.807, 2.05) is 68.4 Å². The topological polar surface area (TPSA) is 103 Å². The molecule has 0 aliphatic heterocycles. The Morgan fingerprint density at radius 1 is 1.03 bits per heavy atom. The SMILES string of the molecule is CCC(C)C(=O)N(C)[C@H](Cc1ccccc1)C(=O)N[C@@H](Cc1c[nH]c2ccccc12)C(=O)O. The quantitative estimate of drug-likeness (QED) is 0.441. The third-order valence-electron chi connectivity index (χ3n) is 6.14. The number of fused-ring (bicyclic) bond motifs is 1. The lowest BCUT2D eigenvalue weighted by molar-refractivity contribution is -0.145. The molecule has 33 heavy (non-hydrogen) atoms. The van der Waals surface area contributed by atoms with Crippen molar-refractivity contribution in [1.82, 2.24) is 15.2 Å². The number of benzene rings is 2. The number of rotatable bonds is 10. The van der Waals surface area contributed by atoms with Gasteiger partial charge in [0.25, 0.3) is 0 Å². The van der Waals surface area contributed by atoms with Gasteiger partial charge >= 0.3 is 5.97 Å². The molecule has 3 atom stereocenters. The number of para-hydroxylation sites is 1. The van der Waals surface area contributed by atoms with Crippen LogP contribution < -0.4 is 5.32 Å². The van der Waals surface area contributed by atoms with Crippen molar-refractivity contribution in [2.75, 3.05) is 7.05 Å². The van der Waals surface area contributed by atoms with Crippen LogP contribution in [-0.2, 0) is 27.2 Å². The number of nitrogens with zero attached hydrogens (tertiary/aromatic N) is 1. The minimum atomic E-state index is -1.12. The number of carbonyl (C=O) groups is 3. The van der Waals surface area contributed by atoms with E-state index in [1.54, 1.807) is 13.2 Å². The molecule has 1 unspecified atom stereocenters. The van der Waals surface area contributed by atoms with Crippen molar-refractivity contribution in [1.29, 1.82) is 0 Å². The lowest BCUT2D eigenvalue weighted by atomic mass is 10.00. The Kier molecular flexibility index (Phi) is 7.87. The first kappa shape index (κ1) is 24.0. The van der Waals surface area contributed by atoms with E-state index in [9.17, 15) is 19.5 Å². The molecule has 2 aromatic carbocycles. The highest BCUT2D eigenvalue weighted by Crippen LogP contribution is 2.20. The minimum Gasteiger partial charge on any atom is -0.480 e. The highest BCUT2D eigenvalue weighted by molar-refractivity contribution is 5.91. The number of H-pyrrole nitrogens is 1. The number of aromatic amines is 1. The van der Waals surface area contributed by atoms with Crippen molar-refractivity contribution in [2.24, 2.45) is 5.92 Å². The van der Waals surface area contributed by atoms with Gasteiger partial charge in [0.1, 0.15) is 12.1 Å². The van der Waals surface area contributed by atoms with Gasteiger partial charge < -0.3 is 20.3 Å². The summed E-state index contributed by atoms with van der Waals surface area (Å²) in [4.78, 5) is 42.8. The predicted molar refractivity (Wildman–Crippen MR) is 128 cm³/mol. The lowest BCUT2D eigenvalue weighted by Crippen LogP contribution is -2.54. The molecule has 3 aromatic rings. The van der Waals surface area contributed by atoms with E-state index in [-0.39, 0.29) is 18.2 Å². The van der Waals surface area contributed by atoms with Crippen LogP contribution in [0.4, 0.5) is 0 Å². The van der Waals surface area contributed by atoms with E-state index < -0.39 is 24.0 Å². The first-order valence-corrected chi connectivity index (χ1v) is 11.2. The number of hydrogen-bond donors (Lipinski definition) is 3. The van der Waals surface area contributed by atoms with Gasteiger partial charge in [0.2, 0.25) is 11.8 Å². The molecule has 0 aliphatic rings. The zero-order valence-corrected chi connectivity index (χ0v) is 19.2. The summed E-state index contributed by atoms with van der Waals surface area (Å²) in [6.07, 6.45) is 2.85. The number of amides is 2. The summed E-state index contributed by atoms with van der Waals surface area (Å²) in [7, 11) is 1.61. The summed E-state index contributed by atoms with van der Waals surface area (Å²) in [6, 6.07) is 15.1. The number of likely N-dealkylation sites (N-methyl/N-ethyl adjacent to an activating group) is 1. The van der Waals surface area contributed by atoms with Gasteiger partial charge in [0.15, 0.2) is 0 Å². The summed E-state index contributed by atoms with van der Waals surface area (Å²) >= 11 is 0. The van der Waals surface area contributed by atoms with Gasteiger partial charge in [0, 0.05) is 42.9 Å². The largest absolute Gasteiger partial charge is 0.480 e. The predicted octanol–water partition coefficient (Wildman–Crippen LogP) is 3.40. The number of carbonyl (C=O) groups excluding carboxylic acids is 2. The van der Waals surface area contributed by atoms with Gasteiger partial charge in [-0.25, -0.2) is 4.79 Å². The maximum Gasteiger partial charge on any atom is 0.326 e. The van der Waals surface area contributed by atoms with Gasteiger partial charge in [-0.3, -0.25) is 9.59 Å². The summed E-state index contributed by atoms with van der Waals surface area (Å²) in [5.41, 5.74) is 2.61. The lowest BCUT2D eigenvalue weighted by Gasteiger charge is -2.30. The fraction of sp³-hybridized carbons (Fsp3) is 0.346. The first-order chi connectivity index (χ1) is 15.8. The van der Waals surface area contributed by atoms with E-state index >= 15 is 0 Å². The Bertz CT molecular complexity index is 1110. The van der Waals surface area contributed by atoms with E-state index in [2.05, 4.69) is 10.3 Å². The maximum atomic E-state index is 13.3. The van der Waals surface area contributed by atoms with Crippen molar-refractivity contribution in [2.45, 2.75) is 45.2 Å². The van der Waals surface area contributed by atoms with E-state index in [4.69, 9.17) is 0 Å². The van der Waals surface area contributed by atoms with Crippen LogP contribution in [-0.4, -0.2) is 51.9 Å². The molecule has 0 saturated carbocycles. The van der Waals surface area contributed by atoms with Crippen LogP contribution in [0.15, 0.2) is 60.8 Å². The third-order valence-corrected chi connectivity index (χ3v) is 6.14. The molecule has 1 heterocycles. The molecule has 2 amide bonds. The minimum absolute atomic E-state index is 0.131. The van der Waals surface area contributed by atoms with Crippen LogP contribution in [0.5, 0.6) is 0 Å². The highest BCUT2D eigenvalue weighted by Gasteiger charge is 2.32. The fourth-order valence-electron chi connectivity index (χ4n) is 3.91. The number of nitrogens with one attached hydrogen (secondary N) is 2. The molecule has 0 saturated heterocycles. The van der Waals surface area contributed by atoms with Crippen LogP contribution in [0.2, 0.25) is 0 Å². The van der Waals surface area contributed by atoms with Crippen LogP contribution in [0.1, 0.15) is 31.4 Å². The molecule has 174 valence electrons. The molecule has 7 heteroatoms. The van der Waals surface area contributed by atoms with Crippen LogP contribution in [0, 0.1) is 5.92 Å². The Morgan fingerprint density at radius 3 is 2.36 bits per heavy atom. The van der Waals surface area contributed by atoms with Crippen molar-refractivity contribution in [3.05, 3.63) is 71.9 Å². The molecule has 0 aliphatic carbocycles. The molecular formula is C26H31N3O4. The number of carboxylic acids is 1. The third kappa shape index (κ3) is 5.80. The molecule has 0 fully saturated rings.